The lowest BCUT2D eigenvalue weighted by Crippen LogP contribution is -2.04. The number of hydrogen-bond donors (Lipinski definition) is 1. The normalized spacial score (nSPS) is 11.2. The summed E-state index contributed by atoms with van der Waals surface area (Å²) in [4.78, 5) is 0. The summed E-state index contributed by atoms with van der Waals surface area (Å²) in [5.74, 6) is 0.242. The molecule has 0 bridgehead atoms. The molecule has 0 atom stereocenters. The molecular weight excluding hydrogens is 284 g/mol. The summed E-state index contributed by atoms with van der Waals surface area (Å²) in [6.07, 6.45) is 0. The van der Waals surface area contributed by atoms with Crippen LogP contribution < -0.4 is 0 Å². The second-order valence-electron chi connectivity index (χ2n) is 6.32. The lowest BCUT2D eigenvalue weighted by molar-refractivity contribution is 0.475. The molecule has 0 aliphatic rings. The molecule has 2 aromatic carbocycles. The monoisotopic (exact) mass is 306 g/mol. The van der Waals surface area contributed by atoms with Crippen molar-refractivity contribution >= 4 is 0 Å². The third-order valence-corrected chi connectivity index (χ3v) is 4.02. The Balaban J connectivity index is 2.19. The van der Waals surface area contributed by atoms with Gasteiger partial charge in [-0.05, 0) is 27.7 Å². The van der Waals surface area contributed by atoms with Gasteiger partial charge in [0.2, 0.25) is 0 Å². The van der Waals surface area contributed by atoms with Crippen LogP contribution in [0.4, 0.5) is 0 Å². The minimum Gasteiger partial charge on any atom is -0.504 e. The number of aromatic hydroxyl groups is 1. The highest BCUT2D eigenvalue weighted by atomic mass is 16.3. The van der Waals surface area contributed by atoms with Crippen molar-refractivity contribution in [2.75, 3.05) is 0 Å². The number of benzene rings is 2. The minimum atomic E-state index is 0.163. The quantitative estimate of drug-likeness (QED) is 0.729. The van der Waals surface area contributed by atoms with E-state index in [0.29, 0.717) is 5.69 Å². The molecule has 0 amide bonds. The summed E-state index contributed by atoms with van der Waals surface area (Å²) >= 11 is 0. The third kappa shape index (κ3) is 2.87. The van der Waals surface area contributed by atoms with Crippen molar-refractivity contribution < 1.29 is 5.11 Å². The molecule has 3 nitrogen and oxygen atoms in total. The van der Waals surface area contributed by atoms with Gasteiger partial charge in [-0.3, -0.25) is 4.68 Å². The van der Waals surface area contributed by atoms with Gasteiger partial charge in [-0.25, -0.2) is 0 Å². The second kappa shape index (κ2) is 5.92. The van der Waals surface area contributed by atoms with E-state index in [1.165, 1.54) is 11.1 Å². The first-order valence-electron chi connectivity index (χ1n) is 7.93. The van der Waals surface area contributed by atoms with Crippen molar-refractivity contribution in [1.82, 2.24) is 9.78 Å². The highest BCUT2D eigenvalue weighted by Gasteiger charge is 2.21. The zero-order chi connectivity index (χ0) is 16.6. The molecule has 0 saturated carbocycles. The standard InChI is InChI=1S/C20H22N2O/c1-13(2)22-19(17-11-7-15(4)8-12-17)20(23)18(21-22)16-9-5-14(3)6-10-16/h5-13,23H,1-4H3. The molecule has 1 heterocycles. The largest absolute Gasteiger partial charge is 0.504 e. The summed E-state index contributed by atoms with van der Waals surface area (Å²) in [6.45, 7) is 8.25. The fourth-order valence-corrected chi connectivity index (χ4v) is 2.69. The van der Waals surface area contributed by atoms with Gasteiger partial charge in [0.25, 0.3) is 0 Å². The summed E-state index contributed by atoms with van der Waals surface area (Å²) < 4.78 is 1.90. The maximum Gasteiger partial charge on any atom is 0.169 e. The fourth-order valence-electron chi connectivity index (χ4n) is 2.69. The van der Waals surface area contributed by atoms with Gasteiger partial charge in [0.1, 0.15) is 11.4 Å². The van der Waals surface area contributed by atoms with Crippen LogP contribution in [0.2, 0.25) is 0 Å². The Labute approximate surface area is 137 Å². The second-order valence-corrected chi connectivity index (χ2v) is 6.32. The fraction of sp³-hybridized carbons (Fsp3) is 0.250. The van der Waals surface area contributed by atoms with Gasteiger partial charge >= 0.3 is 0 Å². The van der Waals surface area contributed by atoms with Gasteiger partial charge in [-0.1, -0.05) is 59.7 Å². The molecule has 0 radical (unpaired) electrons. The number of aromatic nitrogens is 2. The molecular formula is C20H22N2O. The lowest BCUT2D eigenvalue weighted by Gasteiger charge is -2.11. The topological polar surface area (TPSA) is 38.0 Å². The lowest BCUT2D eigenvalue weighted by atomic mass is 10.1. The number of rotatable bonds is 3. The molecule has 0 spiro atoms. The summed E-state index contributed by atoms with van der Waals surface area (Å²) in [6, 6.07) is 16.4. The Morgan fingerprint density at radius 2 is 1.30 bits per heavy atom. The van der Waals surface area contributed by atoms with E-state index in [4.69, 9.17) is 0 Å². The first-order valence-corrected chi connectivity index (χ1v) is 7.93. The third-order valence-electron chi connectivity index (χ3n) is 4.02. The molecule has 0 saturated heterocycles. The zero-order valence-corrected chi connectivity index (χ0v) is 14.0. The Kier molecular flexibility index (Phi) is 3.95. The summed E-state index contributed by atoms with van der Waals surface area (Å²) in [7, 11) is 0. The number of aryl methyl sites for hydroxylation is 2. The summed E-state index contributed by atoms with van der Waals surface area (Å²) in [5, 5.41) is 15.5. The maximum absolute atomic E-state index is 10.8. The smallest absolute Gasteiger partial charge is 0.169 e. The van der Waals surface area contributed by atoms with E-state index in [1.54, 1.807) is 0 Å². The molecule has 0 aliphatic carbocycles. The van der Waals surface area contributed by atoms with Crippen molar-refractivity contribution in [3.8, 4) is 28.3 Å². The molecule has 0 fully saturated rings. The van der Waals surface area contributed by atoms with E-state index in [0.717, 1.165) is 16.8 Å². The van der Waals surface area contributed by atoms with Crippen LogP contribution >= 0.6 is 0 Å². The Morgan fingerprint density at radius 1 is 0.826 bits per heavy atom. The Hall–Kier alpha value is -2.55. The maximum atomic E-state index is 10.8. The van der Waals surface area contributed by atoms with E-state index >= 15 is 0 Å². The van der Waals surface area contributed by atoms with Crippen molar-refractivity contribution in [2.24, 2.45) is 0 Å². The van der Waals surface area contributed by atoms with Crippen LogP contribution in [0, 0.1) is 13.8 Å². The average molecular weight is 306 g/mol. The highest BCUT2D eigenvalue weighted by Crippen LogP contribution is 2.39. The molecule has 1 aromatic heterocycles. The van der Waals surface area contributed by atoms with Gasteiger partial charge in [-0.2, -0.15) is 5.10 Å². The van der Waals surface area contributed by atoms with E-state index in [2.05, 4.69) is 38.0 Å². The van der Waals surface area contributed by atoms with Gasteiger partial charge in [-0.15, -0.1) is 0 Å². The van der Waals surface area contributed by atoms with Crippen molar-refractivity contribution in [3.05, 3.63) is 59.7 Å². The van der Waals surface area contributed by atoms with Crippen LogP contribution in [0.15, 0.2) is 48.5 Å². The van der Waals surface area contributed by atoms with Crippen molar-refractivity contribution in [1.29, 1.82) is 0 Å². The first-order chi connectivity index (χ1) is 11.0. The predicted molar refractivity (Wildman–Crippen MR) is 94.6 cm³/mol. The van der Waals surface area contributed by atoms with Crippen LogP contribution in [0.1, 0.15) is 31.0 Å². The molecule has 23 heavy (non-hydrogen) atoms. The van der Waals surface area contributed by atoms with Gasteiger partial charge in [0, 0.05) is 17.2 Å². The van der Waals surface area contributed by atoms with E-state index < -0.39 is 0 Å². The van der Waals surface area contributed by atoms with Crippen molar-refractivity contribution in [2.45, 2.75) is 33.7 Å². The molecule has 3 heteroatoms. The van der Waals surface area contributed by atoms with E-state index in [1.807, 2.05) is 48.0 Å². The Morgan fingerprint density at radius 3 is 1.78 bits per heavy atom. The molecule has 3 aromatic rings. The van der Waals surface area contributed by atoms with E-state index in [-0.39, 0.29) is 11.8 Å². The molecule has 1 N–H and O–H groups in total. The van der Waals surface area contributed by atoms with Crippen LogP contribution in [-0.4, -0.2) is 14.9 Å². The van der Waals surface area contributed by atoms with Gasteiger partial charge < -0.3 is 5.11 Å². The summed E-state index contributed by atoms with van der Waals surface area (Å²) in [5.41, 5.74) is 5.70. The molecule has 0 unspecified atom stereocenters. The van der Waals surface area contributed by atoms with Crippen molar-refractivity contribution in [3.63, 3.8) is 0 Å². The van der Waals surface area contributed by atoms with Crippen LogP contribution in [-0.2, 0) is 0 Å². The highest BCUT2D eigenvalue weighted by molar-refractivity contribution is 5.78. The zero-order valence-electron chi connectivity index (χ0n) is 14.0. The molecule has 0 aliphatic heterocycles. The Bertz CT molecular complexity index is 812. The van der Waals surface area contributed by atoms with Crippen LogP contribution in [0.25, 0.3) is 22.5 Å². The SMILES string of the molecule is Cc1ccc(-c2nn(C(C)C)c(-c3ccc(C)cc3)c2O)cc1. The minimum absolute atomic E-state index is 0.163. The van der Waals surface area contributed by atoms with Gasteiger partial charge in [0.15, 0.2) is 5.75 Å². The molecule has 118 valence electrons. The number of nitrogens with zero attached hydrogens (tertiary/aromatic N) is 2. The predicted octanol–water partition coefficient (Wildman–Crippen LogP) is 5.12. The van der Waals surface area contributed by atoms with Crippen LogP contribution in [0.3, 0.4) is 0 Å². The average Bonchev–Trinajstić information content (AvgIpc) is 2.87. The first kappa shape index (κ1) is 15.3. The molecule has 3 rings (SSSR count). The number of hydrogen-bond acceptors (Lipinski definition) is 2. The van der Waals surface area contributed by atoms with E-state index in [9.17, 15) is 5.11 Å². The van der Waals surface area contributed by atoms with Gasteiger partial charge in [0.05, 0.1) is 0 Å². The van der Waals surface area contributed by atoms with Crippen LogP contribution in [0.5, 0.6) is 5.75 Å².